The van der Waals surface area contributed by atoms with E-state index in [1.807, 2.05) is 38.1 Å². The lowest BCUT2D eigenvalue weighted by atomic mass is 10.1. The van der Waals surface area contributed by atoms with Crippen LogP contribution in [-0.2, 0) is 0 Å². The first-order chi connectivity index (χ1) is 8.20. The van der Waals surface area contributed by atoms with Gasteiger partial charge in [-0.1, -0.05) is 35.9 Å². The van der Waals surface area contributed by atoms with Crippen molar-refractivity contribution in [1.82, 2.24) is 10.4 Å². The number of pyridine rings is 1. The summed E-state index contributed by atoms with van der Waals surface area (Å²) < 4.78 is 0. The Kier molecular flexibility index (Phi) is 3.52. The number of para-hydroxylation sites is 1. The van der Waals surface area contributed by atoms with E-state index in [2.05, 4.69) is 28.6 Å². The van der Waals surface area contributed by atoms with Gasteiger partial charge in [-0.2, -0.15) is 0 Å². The molecular formula is C14H17N3. The highest BCUT2D eigenvalue weighted by Gasteiger charge is 2.08. The summed E-state index contributed by atoms with van der Waals surface area (Å²) in [4.78, 5) is 4.61. The van der Waals surface area contributed by atoms with Gasteiger partial charge in [-0.05, 0) is 26.0 Å². The second-order valence-electron chi connectivity index (χ2n) is 4.32. The van der Waals surface area contributed by atoms with Gasteiger partial charge in [0, 0.05) is 5.39 Å². The molecule has 0 fully saturated rings. The molecule has 3 N–H and O–H groups in total. The van der Waals surface area contributed by atoms with Crippen molar-refractivity contribution in [3.05, 3.63) is 53.7 Å². The van der Waals surface area contributed by atoms with E-state index >= 15 is 0 Å². The molecule has 0 amide bonds. The predicted molar refractivity (Wildman–Crippen MR) is 71.2 cm³/mol. The number of nitrogens with one attached hydrogen (secondary N) is 1. The van der Waals surface area contributed by atoms with Crippen molar-refractivity contribution in [2.24, 2.45) is 5.84 Å². The molecule has 0 spiro atoms. The molecule has 1 unspecified atom stereocenters. The molecule has 2 rings (SSSR count). The topological polar surface area (TPSA) is 50.9 Å². The monoisotopic (exact) mass is 227 g/mol. The molecule has 0 aliphatic heterocycles. The Hall–Kier alpha value is -1.71. The SMILES string of the molecule is CC(C)=CC(NN)c1ccc2ccccc2n1. The molecule has 0 saturated carbocycles. The predicted octanol–water partition coefficient (Wildman–Crippen LogP) is 2.71. The normalized spacial score (nSPS) is 12.4. The van der Waals surface area contributed by atoms with Crippen molar-refractivity contribution in [3.63, 3.8) is 0 Å². The van der Waals surface area contributed by atoms with Gasteiger partial charge in [-0.25, -0.2) is 5.43 Å². The Morgan fingerprint density at radius 2 is 2.00 bits per heavy atom. The molecule has 17 heavy (non-hydrogen) atoms. The summed E-state index contributed by atoms with van der Waals surface area (Å²) in [5, 5.41) is 1.14. The lowest BCUT2D eigenvalue weighted by molar-refractivity contribution is 0.637. The third kappa shape index (κ3) is 2.70. The molecule has 1 heterocycles. The molecule has 1 atom stereocenters. The summed E-state index contributed by atoms with van der Waals surface area (Å²) in [7, 11) is 0. The Labute approximate surface area is 101 Å². The molecule has 0 aliphatic carbocycles. The van der Waals surface area contributed by atoms with Gasteiger partial charge in [0.15, 0.2) is 0 Å². The van der Waals surface area contributed by atoms with Crippen molar-refractivity contribution >= 4 is 10.9 Å². The van der Waals surface area contributed by atoms with Crippen LogP contribution in [0.1, 0.15) is 25.6 Å². The van der Waals surface area contributed by atoms with Gasteiger partial charge < -0.3 is 0 Å². The minimum absolute atomic E-state index is 0.0374. The van der Waals surface area contributed by atoms with Gasteiger partial charge in [-0.15, -0.1) is 0 Å². The minimum atomic E-state index is -0.0374. The Bertz CT molecular complexity index is 542. The fourth-order valence-electron chi connectivity index (χ4n) is 1.81. The second-order valence-corrected chi connectivity index (χ2v) is 4.32. The quantitative estimate of drug-likeness (QED) is 0.481. The highest BCUT2D eigenvalue weighted by molar-refractivity contribution is 5.78. The fraction of sp³-hybridized carbons (Fsp3) is 0.214. The van der Waals surface area contributed by atoms with Crippen LogP contribution in [0, 0.1) is 0 Å². The number of fused-ring (bicyclic) bond motifs is 1. The van der Waals surface area contributed by atoms with Crippen LogP contribution in [0.15, 0.2) is 48.0 Å². The Morgan fingerprint density at radius 1 is 1.24 bits per heavy atom. The number of hydrogen-bond acceptors (Lipinski definition) is 3. The lowest BCUT2D eigenvalue weighted by Gasteiger charge is -2.12. The van der Waals surface area contributed by atoms with E-state index in [1.54, 1.807) is 0 Å². The molecule has 2 aromatic rings. The average Bonchev–Trinajstić information content (AvgIpc) is 2.35. The molecule has 3 heteroatoms. The van der Waals surface area contributed by atoms with Crippen LogP contribution in [0.4, 0.5) is 0 Å². The van der Waals surface area contributed by atoms with Crippen molar-refractivity contribution in [2.75, 3.05) is 0 Å². The van der Waals surface area contributed by atoms with Gasteiger partial charge in [0.2, 0.25) is 0 Å². The van der Waals surface area contributed by atoms with Crippen molar-refractivity contribution < 1.29 is 0 Å². The highest BCUT2D eigenvalue weighted by atomic mass is 15.2. The van der Waals surface area contributed by atoms with Crippen molar-refractivity contribution in [1.29, 1.82) is 0 Å². The molecule has 0 bridgehead atoms. The number of hydrazine groups is 1. The zero-order chi connectivity index (χ0) is 12.3. The van der Waals surface area contributed by atoms with Gasteiger partial charge in [-0.3, -0.25) is 10.8 Å². The van der Waals surface area contributed by atoms with E-state index in [4.69, 9.17) is 5.84 Å². The van der Waals surface area contributed by atoms with Crippen LogP contribution in [0.3, 0.4) is 0 Å². The van der Waals surface area contributed by atoms with Crippen LogP contribution >= 0.6 is 0 Å². The molecular weight excluding hydrogens is 210 g/mol. The van der Waals surface area contributed by atoms with Crippen LogP contribution in [0.2, 0.25) is 0 Å². The van der Waals surface area contributed by atoms with Crippen LogP contribution in [0.5, 0.6) is 0 Å². The summed E-state index contributed by atoms with van der Waals surface area (Å²) in [5.41, 5.74) is 5.92. The maximum atomic E-state index is 5.56. The number of aromatic nitrogens is 1. The first-order valence-corrected chi connectivity index (χ1v) is 5.67. The zero-order valence-corrected chi connectivity index (χ0v) is 10.1. The second kappa shape index (κ2) is 5.08. The molecule has 0 aliphatic rings. The average molecular weight is 227 g/mol. The van der Waals surface area contributed by atoms with Crippen molar-refractivity contribution in [3.8, 4) is 0 Å². The maximum Gasteiger partial charge on any atom is 0.0815 e. The van der Waals surface area contributed by atoms with Gasteiger partial charge in [0.1, 0.15) is 0 Å². The molecule has 0 radical (unpaired) electrons. The van der Waals surface area contributed by atoms with Crippen LogP contribution < -0.4 is 11.3 Å². The number of benzene rings is 1. The number of rotatable bonds is 3. The molecule has 3 nitrogen and oxygen atoms in total. The van der Waals surface area contributed by atoms with E-state index in [0.29, 0.717) is 0 Å². The summed E-state index contributed by atoms with van der Waals surface area (Å²) in [5.74, 6) is 5.56. The number of allylic oxidation sites excluding steroid dienone is 1. The fourth-order valence-corrected chi connectivity index (χ4v) is 1.81. The van der Waals surface area contributed by atoms with E-state index in [1.165, 1.54) is 5.57 Å². The molecule has 88 valence electrons. The maximum absolute atomic E-state index is 5.56. The lowest BCUT2D eigenvalue weighted by Crippen LogP contribution is -2.27. The van der Waals surface area contributed by atoms with Gasteiger partial charge >= 0.3 is 0 Å². The van der Waals surface area contributed by atoms with Gasteiger partial charge in [0.05, 0.1) is 17.3 Å². The third-order valence-electron chi connectivity index (χ3n) is 2.62. The number of hydrogen-bond donors (Lipinski definition) is 2. The Balaban J connectivity index is 2.44. The van der Waals surface area contributed by atoms with Crippen molar-refractivity contribution in [2.45, 2.75) is 19.9 Å². The molecule has 1 aromatic carbocycles. The standard InChI is InChI=1S/C14H17N3/c1-10(2)9-14(17-15)13-8-7-11-5-3-4-6-12(11)16-13/h3-9,14,17H,15H2,1-2H3. The van der Waals surface area contributed by atoms with Crippen LogP contribution in [0.25, 0.3) is 10.9 Å². The van der Waals surface area contributed by atoms with E-state index in [-0.39, 0.29) is 6.04 Å². The summed E-state index contributed by atoms with van der Waals surface area (Å²) >= 11 is 0. The van der Waals surface area contributed by atoms with Crippen LogP contribution in [-0.4, -0.2) is 4.98 Å². The number of nitrogens with two attached hydrogens (primary N) is 1. The smallest absolute Gasteiger partial charge is 0.0815 e. The first-order valence-electron chi connectivity index (χ1n) is 5.67. The van der Waals surface area contributed by atoms with E-state index in [0.717, 1.165) is 16.6 Å². The largest absolute Gasteiger partial charge is 0.271 e. The molecule has 0 saturated heterocycles. The molecule has 1 aromatic heterocycles. The summed E-state index contributed by atoms with van der Waals surface area (Å²) in [6.45, 7) is 4.09. The summed E-state index contributed by atoms with van der Waals surface area (Å²) in [6, 6.07) is 12.1. The van der Waals surface area contributed by atoms with Gasteiger partial charge in [0.25, 0.3) is 0 Å². The minimum Gasteiger partial charge on any atom is -0.271 e. The zero-order valence-electron chi connectivity index (χ0n) is 10.1. The van der Waals surface area contributed by atoms with E-state index in [9.17, 15) is 0 Å². The first kappa shape index (κ1) is 11.8. The Morgan fingerprint density at radius 3 is 2.71 bits per heavy atom. The number of nitrogens with zero attached hydrogens (tertiary/aromatic N) is 1. The highest BCUT2D eigenvalue weighted by Crippen LogP contribution is 2.17. The third-order valence-corrected chi connectivity index (χ3v) is 2.62. The van der Waals surface area contributed by atoms with E-state index < -0.39 is 0 Å². The summed E-state index contributed by atoms with van der Waals surface area (Å²) in [6.07, 6.45) is 2.07.